The molecule has 24 heavy (non-hydrogen) atoms. The average Bonchev–Trinajstić information content (AvgIpc) is 2.93. The maximum Gasteiger partial charge on any atom is 0.254 e. The van der Waals surface area contributed by atoms with E-state index < -0.39 is 0 Å². The molecule has 0 aromatic carbocycles. The van der Waals surface area contributed by atoms with Crippen molar-refractivity contribution in [1.82, 2.24) is 24.6 Å². The van der Waals surface area contributed by atoms with E-state index in [1.807, 2.05) is 30.4 Å². The van der Waals surface area contributed by atoms with E-state index in [9.17, 15) is 4.79 Å². The molecule has 3 heterocycles. The molecule has 3 rings (SSSR count). The molecule has 0 unspecified atom stereocenters. The molecule has 2 aromatic heterocycles. The number of ether oxygens (including phenoxy) is 1. The van der Waals surface area contributed by atoms with Gasteiger partial charge in [-0.1, -0.05) is 0 Å². The van der Waals surface area contributed by atoms with E-state index in [2.05, 4.69) is 15.1 Å². The van der Waals surface area contributed by atoms with E-state index in [0.29, 0.717) is 24.6 Å². The maximum atomic E-state index is 12.8. The number of aryl methyl sites for hydroxylation is 2. The van der Waals surface area contributed by atoms with E-state index in [4.69, 9.17) is 4.74 Å². The number of carbonyl (C=O) groups excluding carboxylic acids is 1. The molecule has 7 heteroatoms. The fraction of sp³-hybridized carbons (Fsp3) is 0.529. The number of hydrogen-bond donors (Lipinski definition) is 0. The number of piperidine rings is 1. The highest BCUT2D eigenvalue weighted by Crippen LogP contribution is 2.24. The van der Waals surface area contributed by atoms with Gasteiger partial charge in [-0.15, -0.1) is 0 Å². The molecule has 1 aliphatic rings. The van der Waals surface area contributed by atoms with Gasteiger partial charge in [0, 0.05) is 30.9 Å². The second-order valence-electron chi connectivity index (χ2n) is 6.01. The molecule has 1 atom stereocenters. The van der Waals surface area contributed by atoms with Gasteiger partial charge < -0.3 is 9.64 Å². The first kappa shape index (κ1) is 16.4. The smallest absolute Gasteiger partial charge is 0.254 e. The van der Waals surface area contributed by atoms with Crippen LogP contribution in [0.3, 0.4) is 0 Å². The second kappa shape index (κ2) is 6.98. The standard InChI is InChI=1S/C17H23N5O2/c1-4-24-16-10-14(7-8-18-16)17(23)21-9-5-6-15(11-21)22-13(3)19-12(2)20-22/h7-8,10,15H,4-6,9,11H2,1-3H3/t15-/m1/s1. The van der Waals surface area contributed by atoms with Gasteiger partial charge in [-0.25, -0.2) is 14.6 Å². The lowest BCUT2D eigenvalue weighted by atomic mass is 10.0. The summed E-state index contributed by atoms with van der Waals surface area (Å²) in [5.41, 5.74) is 0.612. The summed E-state index contributed by atoms with van der Waals surface area (Å²) in [4.78, 5) is 23.2. The minimum absolute atomic E-state index is 0.0116. The van der Waals surface area contributed by atoms with Gasteiger partial charge in [-0.05, 0) is 39.7 Å². The Kier molecular flexibility index (Phi) is 4.78. The number of likely N-dealkylation sites (tertiary alicyclic amines) is 1. The number of nitrogens with zero attached hydrogens (tertiary/aromatic N) is 5. The van der Waals surface area contributed by atoms with Crippen molar-refractivity contribution in [2.75, 3.05) is 19.7 Å². The summed E-state index contributed by atoms with van der Waals surface area (Å²) >= 11 is 0. The zero-order valence-corrected chi connectivity index (χ0v) is 14.4. The lowest BCUT2D eigenvalue weighted by molar-refractivity contribution is 0.0670. The maximum absolute atomic E-state index is 12.8. The fourth-order valence-corrected chi connectivity index (χ4v) is 3.17. The molecular formula is C17H23N5O2. The van der Waals surface area contributed by atoms with E-state index >= 15 is 0 Å². The predicted octanol–water partition coefficient (Wildman–Crippen LogP) is 2.17. The molecule has 0 spiro atoms. The molecule has 1 fully saturated rings. The van der Waals surface area contributed by atoms with Crippen molar-refractivity contribution in [2.45, 2.75) is 39.7 Å². The highest BCUT2D eigenvalue weighted by atomic mass is 16.5. The molecule has 1 saturated heterocycles. The van der Waals surface area contributed by atoms with Gasteiger partial charge in [0.2, 0.25) is 5.88 Å². The molecule has 0 aliphatic carbocycles. The van der Waals surface area contributed by atoms with Crippen LogP contribution < -0.4 is 4.74 Å². The van der Waals surface area contributed by atoms with Crippen LogP contribution in [0.2, 0.25) is 0 Å². The monoisotopic (exact) mass is 329 g/mol. The summed E-state index contributed by atoms with van der Waals surface area (Å²) in [7, 11) is 0. The van der Waals surface area contributed by atoms with Gasteiger partial charge in [0.1, 0.15) is 11.6 Å². The first-order valence-corrected chi connectivity index (χ1v) is 8.36. The van der Waals surface area contributed by atoms with E-state index in [1.165, 1.54) is 0 Å². The summed E-state index contributed by atoms with van der Waals surface area (Å²) in [5, 5.41) is 4.48. The molecule has 1 amide bonds. The Morgan fingerprint density at radius 1 is 1.42 bits per heavy atom. The number of pyridine rings is 1. The van der Waals surface area contributed by atoms with Gasteiger partial charge in [0.05, 0.1) is 12.6 Å². The van der Waals surface area contributed by atoms with Gasteiger partial charge in [0.15, 0.2) is 0 Å². The third kappa shape index (κ3) is 3.39. The zero-order chi connectivity index (χ0) is 17.1. The molecule has 0 radical (unpaired) electrons. The molecular weight excluding hydrogens is 306 g/mol. The molecule has 128 valence electrons. The van der Waals surface area contributed by atoms with Crippen molar-refractivity contribution >= 4 is 5.91 Å². The SMILES string of the molecule is CCOc1cc(C(=O)N2CCC[C@@H](n3nc(C)nc3C)C2)ccn1. The van der Waals surface area contributed by atoms with Crippen molar-refractivity contribution < 1.29 is 9.53 Å². The zero-order valence-electron chi connectivity index (χ0n) is 14.4. The summed E-state index contributed by atoms with van der Waals surface area (Å²) in [5.74, 6) is 2.16. The van der Waals surface area contributed by atoms with Gasteiger partial charge in [-0.3, -0.25) is 4.79 Å². The van der Waals surface area contributed by atoms with E-state index in [0.717, 1.165) is 31.0 Å². The van der Waals surface area contributed by atoms with Gasteiger partial charge >= 0.3 is 0 Å². The Labute approximate surface area is 141 Å². The molecule has 1 aliphatic heterocycles. The number of carbonyl (C=O) groups is 1. The van der Waals surface area contributed by atoms with Crippen molar-refractivity contribution in [3.05, 3.63) is 35.5 Å². The molecule has 0 saturated carbocycles. The van der Waals surface area contributed by atoms with Crippen molar-refractivity contribution in [3.63, 3.8) is 0 Å². The molecule has 2 aromatic rings. The number of rotatable bonds is 4. The van der Waals surface area contributed by atoms with Crippen LogP contribution >= 0.6 is 0 Å². The highest BCUT2D eigenvalue weighted by molar-refractivity contribution is 5.94. The Hall–Kier alpha value is -2.44. The van der Waals surface area contributed by atoms with Crippen molar-refractivity contribution in [3.8, 4) is 5.88 Å². The normalized spacial score (nSPS) is 17.8. The van der Waals surface area contributed by atoms with Crippen LogP contribution in [-0.2, 0) is 0 Å². The third-order valence-corrected chi connectivity index (χ3v) is 4.21. The molecule has 7 nitrogen and oxygen atoms in total. The van der Waals surface area contributed by atoms with Crippen LogP contribution in [0.1, 0.15) is 47.8 Å². The Balaban J connectivity index is 1.75. The average molecular weight is 329 g/mol. The van der Waals surface area contributed by atoms with Crippen LogP contribution in [-0.4, -0.2) is 50.3 Å². The Morgan fingerprint density at radius 3 is 2.96 bits per heavy atom. The minimum Gasteiger partial charge on any atom is -0.478 e. The largest absolute Gasteiger partial charge is 0.478 e. The minimum atomic E-state index is 0.0116. The summed E-state index contributed by atoms with van der Waals surface area (Å²) in [6.07, 6.45) is 3.58. The van der Waals surface area contributed by atoms with Crippen molar-refractivity contribution in [2.24, 2.45) is 0 Å². The van der Waals surface area contributed by atoms with Crippen LogP contribution in [0.4, 0.5) is 0 Å². The topological polar surface area (TPSA) is 73.1 Å². The third-order valence-electron chi connectivity index (χ3n) is 4.21. The second-order valence-corrected chi connectivity index (χ2v) is 6.01. The molecule has 0 N–H and O–H groups in total. The number of hydrogen-bond acceptors (Lipinski definition) is 5. The van der Waals surface area contributed by atoms with Crippen LogP contribution in [0, 0.1) is 13.8 Å². The lowest BCUT2D eigenvalue weighted by Gasteiger charge is -2.33. The van der Waals surface area contributed by atoms with Gasteiger partial charge in [-0.2, -0.15) is 5.10 Å². The Bertz CT molecular complexity index is 728. The lowest BCUT2D eigenvalue weighted by Crippen LogP contribution is -2.41. The number of aromatic nitrogens is 4. The quantitative estimate of drug-likeness (QED) is 0.859. The van der Waals surface area contributed by atoms with Crippen LogP contribution in [0.25, 0.3) is 0 Å². The molecule has 0 bridgehead atoms. The summed E-state index contributed by atoms with van der Waals surface area (Å²) in [6.45, 7) is 7.68. The first-order chi connectivity index (χ1) is 11.6. The first-order valence-electron chi connectivity index (χ1n) is 8.36. The highest BCUT2D eigenvalue weighted by Gasteiger charge is 2.27. The van der Waals surface area contributed by atoms with Crippen LogP contribution in [0.5, 0.6) is 5.88 Å². The summed E-state index contributed by atoms with van der Waals surface area (Å²) < 4.78 is 7.34. The van der Waals surface area contributed by atoms with Gasteiger partial charge in [0.25, 0.3) is 5.91 Å². The van der Waals surface area contributed by atoms with E-state index in [-0.39, 0.29) is 11.9 Å². The number of amides is 1. The Morgan fingerprint density at radius 2 is 2.25 bits per heavy atom. The predicted molar refractivity (Wildman–Crippen MR) is 89.1 cm³/mol. The fourth-order valence-electron chi connectivity index (χ4n) is 3.17. The van der Waals surface area contributed by atoms with Crippen molar-refractivity contribution in [1.29, 1.82) is 0 Å². The summed E-state index contributed by atoms with van der Waals surface area (Å²) in [6, 6.07) is 3.62. The van der Waals surface area contributed by atoms with Crippen LogP contribution in [0.15, 0.2) is 18.3 Å². The van der Waals surface area contributed by atoms with E-state index in [1.54, 1.807) is 18.3 Å².